The van der Waals surface area contributed by atoms with Gasteiger partial charge in [0.15, 0.2) is 0 Å². The fraction of sp³-hybridized carbons (Fsp3) is 0.944. The Morgan fingerprint density at radius 1 is 0.952 bits per heavy atom. The first-order valence-electron chi connectivity index (χ1n) is 9.10. The zero-order valence-corrected chi connectivity index (χ0v) is 13.4. The van der Waals surface area contributed by atoms with Gasteiger partial charge in [-0.1, -0.05) is 51.4 Å². The van der Waals surface area contributed by atoms with E-state index < -0.39 is 0 Å². The van der Waals surface area contributed by atoms with Crippen LogP contribution in [0.1, 0.15) is 77.6 Å². The lowest BCUT2D eigenvalue weighted by Gasteiger charge is -2.39. The van der Waals surface area contributed by atoms with Gasteiger partial charge in [0.2, 0.25) is 6.29 Å². The van der Waals surface area contributed by atoms with Crippen LogP contribution >= 0.6 is 0 Å². The summed E-state index contributed by atoms with van der Waals surface area (Å²) in [6.45, 7) is 2.07. The quantitative estimate of drug-likeness (QED) is 0.722. The Balaban J connectivity index is 1.54. The van der Waals surface area contributed by atoms with Gasteiger partial charge in [-0.3, -0.25) is 4.79 Å². The normalized spacial score (nSPS) is 36.4. The van der Waals surface area contributed by atoms with Crippen molar-refractivity contribution in [1.82, 2.24) is 0 Å². The fourth-order valence-corrected chi connectivity index (χ4v) is 4.41. The second-order valence-corrected chi connectivity index (χ2v) is 7.39. The Morgan fingerprint density at radius 2 is 1.57 bits per heavy atom. The molecule has 120 valence electrons. The van der Waals surface area contributed by atoms with E-state index in [1.807, 2.05) is 0 Å². The highest BCUT2D eigenvalue weighted by molar-refractivity contribution is 5.73. The predicted octanol–water partition coefficient (Wildman–Crippen LogP) is 4.44. The van der Waals surface area contributed by atoms with Crippen molar-refractivity contribution in [2.24, 2.45) is 17.8 Å². The van der Waals surface area contributed by atoms with Crippen LogP contribution in [0.15, 0.2) is 0 Å². The minimum atomic E-state index is -0.268. The SMILES string of the molecule is C[C@H]1O[C@@H](C2CCCCC2)OC(=O)[C@@H]1CC1CCCCC1. The van der Waals surface area contributed by atoms with Crippen LogP contribution in [-0.4, -0.2) is 18.4 Å². The third kappa shape index (κ3) is 3.80. The summed E-state index contributed by atoms with van der Waals surface area (Å²) in [5.41, 5.74) is 0. The van der Waals surface area contributed by atoms with Gasteiger partial charge in [0.1, 0.15) is 0 Å². The summed E-state index contributed by atoms with van der Waals surface area (Å²) in [6, 6.07) is 0. The van der Waals surface area contributed by atoms with Crippen molar-refractivity contribution >= 4 is 5.97 Å². The van der Waals surface area contributed by atoms with Crippen molar-refractivity contribution in [3.05, 3.63) is 0 Å². The van der Waals surface area contributed by atoms with Crippen LogP contribution in [0.25, 0.3) is 0 Å². The average Bonchev–Trinajstić information content (AvgIpc) is 2.52. The second-order valence-electron chi connectivity index (χ2n) is 7.39. The van der Waals surface area contributed by atoms with E-state index >= 15 is 0 Å². The number of hydrogen-bond acceptors (Lipinski definition) is 3. The Bertz CT molecular complexity index is 342. The van der Waals surface area contributed by atoms with E-state index in [0.29, 0.717) is 11.8 Å². The lowest BCUT2D eigenvalue weighted by Crippen LogP contribution is -2.46. The van der Waals surface area contributed by atoms with E-state index in [-0.39, 0.29) is 24.3 Å². The van der Waals surface area contributed by atoms with Crippen molar-refractivity contribution in [2.45, 2.75) is 89.9 Å². The summed E-state index contributed by atoms with van der Waals surface area (Å²) in [7, 11) is 0. The van der Waals surface area contributed by atoms with E-state index in [1.54, 1.807) is 0 Å². The smallest absolute Gasteiger partial charge is 0.313 e. The maximum Gasteiger partial charge on any atom is 0.313 e. The van der Waals surface area contributed by atoms with E-state index in [9.17, 15) is 4.79 Å². The van der Waals surface area contributed by atoms with Gasteiger partial charge < -0.3 is 9.47 Å². The summed E-state index contributed by atoms with van der Waals surface area (Å²) >= 11 is 0. The molecular weight excluding hydrogens is 264 g/mol. The minimum absolute atomic E-state index is 0.00916. The number of esters is 1. The van der Waals surface area contributed by atoms with E-state index in [0.717, 1.165) is 19.3 Å². The van der Waals surface area contributed by atoms with Crippen LogP contribution in [0, 0.1) is 17.8 Å². The molecule has 0 bridgehead atoms. The average molecular weight is 294 g/mol. The summed E-state index contributed by atoms with van der Waals surface area (Å²) in [5.74, 6) is 1.11. The van der Waals surface area contributed by atoms with Gasteiger partial charge in [-0.25, -0.2) is 0 Å². The van der Waals surface area contributed by atoms with Gasteiger partial charge in [0.25, 0.3) is 0 Å². The van der Waals surface area contributed by atoms with Crippen molar-refractivity contribution < 1.29 is 14.3 Å². The van der Waals surface area contributed by atoms with Crippen molar-refractivity contribution in [3.8, 4) is 0 Å². The van der Waals surface area contributed by atoms with Gasteiger partial charge in [-0.15, -0.1) is 0 Å². The molecule has 3 rings (SSSR count). The first-order chi connectivity index (χ1) is 10.2. The predicted molar refractivity (Wildman–Crippen MR) is 81.7 cm³/mol. The summed E-state index contributed by atoms with van der Waals surface area (Å²) in [6.07, 6.45) is 13.4. The molecule has 0 unspecified atom stereocenters. The molecule has 0 amide bonds. The topological polar surface area (TPSA) is 35.5 Å². The summed E-state index contributed by atoms with van der Waals surface area (Å²) < 4.78 is 11.8. The molecule has 1 aliphatic heterocycles. The van der Waals surface area contributed by atoms with Crippen LogP contribution in [-0.2, 0) is 14.3 Å². The Hall–Kier alpha value is -0.570. The molecule has 0 spiro atoms. The van der Waals surface area contributed by atoms with Gasteiger partial charge >= 0.3 is 5.97 Å². The maximum atomic E-state index is 12.4. The second kappa shape index (κ2) is 7.13. The molecule has 0 aromatic rings. The molecule has 0 radical (unpaired) electrons. The standard InChI is InChI=1S/C18H30O3/c1-13-16(12-14-8-4-2-5-9-14)17(19)21-18(20-13)15-10-6-3-7-11-15/h13-16,18H,2-12H2,1H3/t13-,16-,18-/m1/s1. The van der Waals surface area contributed by atoms with E-state index in [4.69, 9.17) is 9.47 Å². The van der Waals surface area contributed by atoms with Crippen LogP contribution in [0.2, 0.25) is 0 Å². The van der Waals surface area contributed by atoms with Crippen LogP contribution in [0.3, 0.4) is 0 Å². The molecule has 3 atom stereocenters. The summed E-state index contributed by atoms with van der Waals surface area (Å²) in [4.78, 5) is 12.4. The van der Waals surface area contributed by atoms with Crippen molar-refractivity contribution in [2.75, 3.05) is 0 Å². The molecule has 0 N–H and O–H groups in total. The monoisotopic (exact) mass is 294 g/mol. The highest BCUT2D eigenvalue weighted by Crippen LogP contribution is 2.37. The van der Waals surface area contributed by atoms with Gasteiger partial charge in [0, 0.05) is 5.92 Å². The zero-order valence-electron chi connectivity index (χ0n) is 13.4. The number of rotatable bonds is 3. The third-order valence-corrected chi connectivity index (χ3v) is 5.80. The van der Waals surface area contributed by atoms with Gasteiger partial charge in [-0.05, 0) is 32.1 Å². The molecular formula is C18H30O3. The van der Waals surface area contributed by atoms with Gasteiger partial charge in [-0.2, -0.15) is 0 Å². The highest BCUT2D eigenvalue weighted by atomic mass is 16.7. The fourth-order valence-electron chi connectivity index (χ4n) is 4.41. The molecule has 2 saturated carbocycles. The molecule has 3 aliphatic rings. The Kier molecular flexibility index (Phi) is 5.20. The number of carbonyl (C=O) groups is 1. The van der Waals surface area contributed by atoms with Crippen molar-refractivity contribution in [1.29, 1.82) is 0 Å². The van der Waals surface area contributed by atoms with Crippen LogP contribution < -0.4 is 0 Å². The molecule has 2 aliphatic carbocycles. The van der Waals surface area contributed by atoms with E-state index in [2.05, 4.69) is 6.92 Å². The van der Waals surface area contributed by atoms with E-state index in [1.165, 1.54) is 51.4 Å². The highest BCUT2D eigenvalue weighted by Gasteiger charge is 2.41. The molecule has 1 heterocycles. The molecule has 3 heteroatoms. The number of ether oxygens (including phenoxy) is 2. The molecule has 3 nitrogen and oxygen atoms in total. The third-order valence-electron chi connectivity index (χ3n) is 5.80. The summed E-state index contributed by atoms with van der Waals surface area (Å²) in [5, 5.41) is 0. The van der Waals surface area contributed by atoms with Crippen LogP contribution in [0.4, 0.5) is 0 Å². The molecule has 21 heavy (non-hydrogen) atoms. The number of cyclic esters (lactones) is 1. The Morgan fingerprint density at radius 3 is 2.19 bits per heavy atom. The van der Waals surface area contributed by atoms with Crippen molar-refractivity contribution in [3.63, 3.8) is 0 Å². The van der Waals surface area contributed by atoms with Crippen LogP contribution in [0.5, 0.6) is 0 Å². The van der Waals surface area contributed by atoms with Gasteiger partial charge in [0.05, 0.1) is 12.0 Å². The Labute approximate surface area is 128 Å². The first-order valence-corrected chi connectivity index (χ1v) is 9.10. The lowest BCUT2D eigenvalue weighted by atomic mass is 9.81. The minimum Gasteiger partial charge on any atom is -0.435 e. The number of carbonyl (C=O) groups excluding carboxylic acids is 1. The molecule has 0 aromatic heterocycles. The molecule has 1 saturated heterocycles. The lowest BCUT2D eigenvalue weighted by molar-refractivity contribution is -0.245. The zero-order chi connectivity index (χ0) is 14.7. The number of hydrogen-bond donors (Lipinski definition) is 0. The molecule has 0 aromatic carbocycles. The molecule has 3 fully saturated rings. The first kappa shape index (κ1) is 15.3. The maximum absolute atomic E-state index is 12.4. The largest absolute Gasteiger partial charge is 0.435 e.